The number of hydrogen-bond acceptors (Lipinski definition) is 5. The molecule has 3 aromatic rings. The lowest BCUT2D eigenvalue weighted by molar-refractivity contribution is 0.197. The van der Waals surface area contributed by atoms with Crippen LogP contribution in [0.3, 0.4) is 0 Å². The Morgan fingerprint density at radius 1 is 0.844 bits per heavy atom. The molecule has 1 heterocycles. The van der Waals surface area contributed by atoms with Gasteiger partial charge in [-0.3, -0.25) is 4.90 Å². The van der Waals surface area contributed by atoms with Crippen LogP contribution in [0.4, 0.5) is 0 Å². The maximum Gasteiger partial charge on any atom is 0.203 e. The normalized spacial score (nSPS) is 15.2. The van der Waals surface area contributed by atoms with Crippen molar-refractivity contribution in [3.8, 4) is 17.2 Å². The summed E-state index contributed by atoms with van der Waals surface area (Å²) in [5.74, 6) is 2.00. The number of benzene rings is 3. The third-order valence-electron chi connectivity index (χ3n) is 5.90. The number of nitrogens with one attached hydrogen (secondary N) is 1. The maximum atomic E-state index is 6.17. The van der Waals surface area contributed by atoms with Crippen LogP contribution in [0.15, 0.2) is 66.7 Å². The average molecular weight is 433 g/mol. The van der Waals surface area contributed by atoms with E-state index in [1.165, 1.54) is 11.1 Å². The predicted molar refractivity (Wildman–Crippen MR) is 128 cm³/mol. The highest BCUT2D eigenvalue weighted by atomic mass is 16.5. The van der Waals surface area contributed by atoms with Crippen molar-refractivity contribution in [2.75, 3.05) is 40.4 Å². The molecule has 1 saturated heterocycles. The van der Waals surface area contributed by atoms with E-state index in [4.69, 9.17) is 14.2 Å². The lowest BCUT2D eigenvalue weighted by atomic mass is 9.94. The predicted octanol–water partition coefficient (Wildman–Crippen LogP) is 4.59. The van der Waals surface area contributed by atoms with Crippen LogP contribution in [-0.4, -0.2) is 45.3 Å². The molecule has 5 heteroatoms. The first-order valence-electron chi connectivity index (χ1n) is 11.1. The van der Waals surface area contributed by atoms with Crippen molar-refractivity contribution >= 4 is 0 Å². The summed E-state index contributed by atoms with van der Waals surface area (Å²) in [5.41, 5.74) is 4.76. The zero-order valence-corrected chi connectivity index (χ0v) is 19.1. The molecule has 32 heavy (non-hydrogen) atoms. The van der Waals surface area contributed by atoms with Crippen LogP contribution in [0.1, 0.15) is 28.3 Å². The topological polar surface area (TPSA) is 43.0 Å². The summed E-state index contributed by atoms with van der Waals surface area (Å²) >= 11 is 0. The lowest BCUT2D eigenvalue weighted by Crippen LogP contribution is -2.45. The Balaban J connectivity index is 1.72. The Morgan fingerprint density at radius 3 is 2.16 bits per heavy atom. The van der Waals surface area contributed by atoms with Gasteiger partial charge in [0.15, 0.2) is 11.5 Å². The third kappa shape index (κ3) is 5.06. The van der Waals surface area contributed by atoms with E-state index in [1.54, 1.807) is 14.2 Å². The van der Waals surface area contributed by atoms with Gasteiger partial charge >= 0.3 is 0 Å². The Labute approximate surface area is 190 Å². The molecular formula is C27H32N2O3. The van der Waals surface area contributed by atoms with E-state index in [9.17, 15) is 0 Å². The van der Waals surface area contributed by atoms with Crippen molar-refractivity contribution in [2.24, 2.45) is 0 Å². The van der Waals surface area contributed by atoms with Crippen molar-refractivity contribution in [3.05, 3.63) is 89.0 Å². The molecule has 1 atom stereocenters. The summed E-state index contributed by atoms with van der Waals surface area (Å²) in [6, 6.07) is 23.2. The van der Waals surface area contributed by atoms with E-state index in [1.807, 2.05) is 30.3 Å². The number of ether oxygens (including phenoxy) is 3. The molecule has 5 nitrogen and oxygen atoms in total. The largest absolute Gasteiger partial charge is 0.493 e. The molecule has 0 bridgehead atoms. The highest BCUT2D eigenvalue weighted by Gasteiger charge is 2.27. The molecule has 1 fully saturated rings. The van der Waals surface area contributed by atoms with Gasteiger partial charge in [-0.05, 0) is 35.7 Å². The molecule has 0 aromatic heterocycles. The Bertz CT molecular complexity index is 991. The van der Waals surface area contributed by atoms with E-state index in [-0.39, 0.29) is 6.04 Å². The molecule has 1 aliphatic heterocycles. The van der Waals surface area contributed by atoms with Gasteiger partial charge < -0.3 is 19.5 Å². The van der Waals surface area contributed by atoms with Crippen LogP contribution >= 0.6 is 0 Å². The number of piperazine rings is 1. The zero-order chi connectivity index (χ0) is 22.3. The number of aryl methyl sites for hydroxylation is 1. The highest BCUT2D eigenvalue weighted by molar-refractivity contribution is 5.55. The first kappa shape index (κ1) is 22.2. The minimum absolute atomic E-state index is 0.114. The van der Waals surface area contributed by atoms with Crippen molar-refractivity contribution in [3.63, 3.8) is 0 Å². The summed E-state index contributed by atoms with van der Waals surface area (Å²) in [5, 5.41) is 3.46. The fraction of sp³-hybridized carbons (Fsp3) is 0.333. The monoisotopic (exact) mass is 432 g/mol. The first-order chi connectivity index (χ1) is 15.7. The average Bonchev–Trinajstić information content (AvgIpc) is 2.84. The molecule has 1 aliphatic rings. The molecule has 0 radical (unpaired) electrons. The molecule has 0 spiro atoms. The second-order valence-electron chi connectivity index (χ2n) is 8.13. The van der Waals surface area contributed by atoms with E-state index >= 15 is 0 Å². The van der Waals surface area contributed by atoms with Gasteiger partial charge in [0, 0.05) is 26.2 Å². The van der Waals surface area contributed by atoms with E-state index < -0.39 is 0 Å². The van der Waals surface area contributed by atoms with Crippen molar-refractivity contribution in [1.82, 2.24) is 10.2 Å². The van der Waals surface area contributed by atoms with Gasteiger partial charge in [0.25, 0.3) is 0 Å². The van der Waals surface area contributed by atoms with Crippen molar-refractivity contribution in [2.45, 2.75) is 19.6 Å². The molecule has 1 N–H and O–H groups in total. The third-order valence-corrected chi connectivity index (χ3v) is 5.90. The van der Waals surface area contributed by atoms with Gasteiger partial charge in [-0.25, -0.2) is 0 Å². The molecule has 3 aromatic carbocycles. The highest BCUT2D eigenvalue weighted by Crippen LogP contribution is 2.43. The number of hydrogen-bond donors (Lipinski definition) is 1. The van der Waals surface area contributed by atoms with E-state index in [2.05, 4.69) is 53.5 Å². The van der Waals surface area contributed by atoms with Crippen LogP contribution in [-0.2, 0) is 6.61 Å². The molecule has 0 aliphatic carbocycles. The molecule has 0 saturated carbocycles. The minimum Gasteiger partial charge on any atom is -0.493 e. The standard InChI is InChI=1S/C27H32N2O3/c1-20-8-7-11-22(16-20)26(29-14-12-28-13-15-29)23-17-24(30-2)27(25(18-23)31-3)32-19-21-9-5-4-6-10-21/h4-11,16-18,26,28H,12-15,19H2,1-3H3. The van der Waals surface area contributed by atoms with E-state index in [0.717, 1.165) is 37.3 Å². The quantitative estimate of drug-likeness (QED) is 0.564. The van der Waals surface area contributed by atoms with Gasteiger partial charge in [-0.1, -0.05) is 60.2 Å². The Kier molecular flexibility index (Phi) is 7.30. The second kappa shape index (κ2) is 10.5. The van der Waals surface area contributed by atoms with Gasteiger partial charge in [0.2, 0.25) is 5.75 Å². The number of methoxy groups -OCH3 is 2. The SMILES string of the molecule is COc1cc(C(c2cccc(C)c2)N2CCNCC2)cc(OC)c1OCc1ccccc1. The zero-order valence-electron chi connectivity index (χ0n) is 19.1. The number of rotatable bonds is 8. The summed E-state index contributed by atoms with van der Waals surface area (Å²) in [7, 11) is 3.36. The van der Waals surface area contributed by atoms with Gasteiger partial charge in [-0.2, -0.15) is 0 Å². The first-order valence-corrected chi connectivity index (χ1v) is 11.1. The van der Waals surface area contributed by atoms with Gasteiger partial charge in [-0.15, -0.1) is 0 Å². The van der Waals surface area contributed by atoms with Crippen LogP contribution in [0.25, 0.3) is 0 Å². The number of nitrogens with zero attached hydrogens (tertiary/aromatic N) is 1. The smallest absolute Gasteiger partial charge is 0.203 e. The van der Waals surface area contributed by atoms with Crippen LogP contribution in [0.5, 0.6) is 17.2 Å². The van der Waals surface area contributed by atoms with E-state index in [0.29, 0.717) is 23.9 Å². The molecule has 168 valence electrons. The van der Waals surface area contributed by atoms with Gasteiger partial charge in [0.05, 0.1) is 20.3 Å². The van der Waals surface area contributed by atoms with Crippen LogP contribution in [0.2, 0.25) is 0 Å². The van der Waals surface area contributed by atoms with Crippen LogP contribution < -0.4 is 19.5 Å². The van der Waals surface area contributed by atoms with Crippen LogP contribution in [0, 0.1) is 6.92 Å². The second-order valence-corrected chi connectivity index (χ2v) is 8.13. The molecule has 1 unspecified atom stereocenters. The summed E-state index contributed by atoms with van der Waals surface area (Å²) in [6.45, 7) is 6.51. The minimum atomic E-state index is 0.114. The van der Waals surface area contributed by atoms with Gasteiger partial charge in [0.1, 0.15) is 6.61 Å². The Hall–Kier alpha value is -3.02. The maximum absolute atomic E-state index is 6.17. The fourth-order valence-corrected chi connectivity index (χ4v) is 4.32. The summed E-state index contributed by atoms with van der Waals surface area (Å²) in [6.07, 6.45) is 0. The Morgan fingerprint density at radius 2 is 1.53 bits per heavy atom. The summed E-state index contributed by atoms with van der Waals surface area (Å²) < 4.78 is 17.7. The van der Waals surface area contributed by atoms with Crippen molar-refractivity contribution < 1.29 is 14.2 Å². The lowest BCUT2D eigenvalue weighted by Gasteiger charge is -2.36. The summed E-state index contributed by atoms with van der Waals surface area (Å²) in [4.78, 5) is 2.52. The van der Waals surface area contributed by atoms with Crippen molar-refractivity contribution in [1.29, 1.82) is 0 Å². The fourth-order valence-electron chi connectivity index (χ4n) is 4.32. The molecule has 4 rings (SSSR count). The molecular weight excluding hydrogens is 400 g/mol. The molecule has 0 amide bonds.